The number of para-hydroxylation sites is 1. The Hall–Kier alpha value is -4.49. The highest BCUT2D eigenvalue weighted by Crippen LogP contribution is 2.42. The minimum atomic E-state index is -0.287. The highest BCUT2D eigenvalue weighted by atomic mass is 32.1. The van der Waals surface area contributed by atoms with Gasteiger partial charge in [-0.05, 0) is 97.5 Å². The average Bonchev–Trinajstić information content (AvgIpc) is 3.55. The number of nitrogens with zero attached hydrogens (tertiary/aromatic N) is 3. The van der Waals surface area contributed by atoms with E-state index in [2.05, 4.69) is 15.2 Å². The third kappa shape index (κ3) is 4.53. The molecule has 0 aliphatic carbocycles. The molecule has 0 radical (unpaired) electrons. The van der Waals surface area contributed by atoms with Gasteiger partial charge in [-0.15, -0.1) is 0 Å². The van der Waals surface area contributed by atoms with Crippen molar-refractivity contribution in [2.45, 2.75) is 19.0 Å². The normalized spacial score (nSPS) is 16.9. The molecule has 3 heterocycles. The number of nitrogens with one attached hydrogen (secondary N) is 1. The van der Waals surface area contributed by atoms with Crippen molar-refractivity contribution in [3.8, 4) is 17.2 Å². The van der Waals surface area contributed by atoms with E-state index in [4.69, 9.17) is 17.0 Å². The van der Waals surface area contributed by atoms with Crippen molar-refractivity contribution in [2.24, 2.45) is 0 Å². The van der Waals surface area contributed by atoms with Gasteiger partial charge in [0.1, 0.15) is 23.4 Å². The summed E-state index contributed by atoms with van der Waals surface area (Å²) in [6, 6.07) is 31.8. The lowest BCUT2D eigenvalue weighted by Crippen LogP contribution is -2.30. The van der Waals surface area contributed by atoms with Crippen LogP contribution in [0.1, 0.15) is 29.0 Å². The Bertz CT molecular complexity index is 1590. The molecular formula is C31H25FN4OS. The van der Waals surface area contributed by atoms with Crippen LogP contribution in [0.2, 0.25) is 0 Å². The van der Waals surface area contributed by atoms with Crippen molar-refractivity contribution in [3.05, 3.63) is 138 Å². The molecule has 0 bridgehead atoms. The van der Waals surface area contributed by atoms with Crippen LogP contribution < -0.4 is 15.0 Å². The van der Waals surface area contributed by atoms with Crippen molar-refractivity contribution in [1.29, 1.82) is 0 Å². The quantitative estimate of drug-likeness (QED) is 0.238. The summed E-state index contributed by atoms with van der Waals surface area (Å²) in [5.74, 6) is 1.27. The van der Waals surface area contributed by atoms with Gasteiger partial charge in [-0.1, -0.05) is 30.3 Å². The standard InChI is InChI=1S/C31H25FN4OS/c1-21-8-2-3-13-28(21)37-25-16-14-23(15-17-25)36-30(29(34-31(36)38)26-11-4-5-18-33-26)27-12-7-19-35(27)24-10-6-9-22(32)20-24/h2-20,29-30H,1H3,(H,34,38)/t29-,30+/m1/s1. The van der Waals surface area contributed by atoms with Gasteiger partial charge < -0.3 is 19.5 Å². The maximum atomic E-state index is 14.2. The highest BCUT2D eigenvalue weighted by molar-refractivity contribution is 7.80. The predicted octanol–water partition coefficient (Wildman–Crippen LogP) is 7.29. The number of benzene rings is 3. The molecule has 2 aromatic heterocycles. The number of anilines is 1. The zero-order valence-corrected chi connectivity index (χ0v) is 21.5. The first-order valence-corrected chi connectivity index (χ1v) is 12.8. The first kappa shape index (κ1) is 23.9. The van der Waals surface area contributed by atoms with Gasteiger partial charge in [0.2, 0.25) is 0 Å². The van der Waals surface area contributed by atoms with Gasteiger partial charge >= 0.3 is 0 Å². The molecule has 6 rings (SSSR count). The van der Waals surface area contributed by atoms with Crippen molar-refractivity contribution < 1.29 is 9.13 Å². The first-order chi connectivity index (χ1) is 18.6. The molecule has 3 aromatic carbocycles. The number of pyridine rings is 1. The van der Waals surface area contributed by atoms with Crippen molar-refractivity contribution >= 4 is 23.0 Å². The van der Waals surface area contributed by atoms with E-state index in [0.717, 1.165) is 39.8 Å². The molecule has 0 unspecified atom stereocenters. The lowest BCUT2D eigenvalue weighted by molar-refractivity contribution is 0.479. The lowest BCUT2D eigenvalue weighted by atomic mass is 10.0. The molecule has 7 heteroatoms. The van der Waals surface area contributed by atoms with E-state index in [0.29, 0.717) is 5.11 Å². The van der Waals surface area contributed by atoms with Crippen LogP contribution in [0.25, 0.3) is 5.69 Å². The number of rotatable bonds is 6. The topological polar surface area (TPSA) is 42.3 Å². The molecule has 188 valence electrons. The maximum Gasteiger partial charge on any atom is 0.174 e. The molecule has 1 fully saturated rings. The van der Waals surface area contributed by atoms with E-state index in [1.807, 2.05) is 103 Å². The average molecular weight is 521 g/mol. The molecule has 38 heavy (non-hydrogen) atoms. The fourth-order valence-corrected chi connectivity index (χ4v) is 5.25. The smallest absolute Gasteiger partial charge is 0.174 e. The molecule has 0 spiro atoms. The summed E-state index contributed by atoms with van der Waals surface area (Å²) in [7, 11) is 0. The Morgan fingerprint density at radius 2 is 1.68 bits per heavy atom. The summed E-state index contributed by atoms with van der Waals surface area (Å²) < 4.78 is 22.3. The molecule has 2 atom stereocenters. The number of ether oxygens (including phenoxy) is 1. The summed E-state index contributed by atoms with van der Waals surface area (Å²) in [5.41, 5.74) is 4.55. The molecule has 0 amide bonds. The Kier molecular flexibility index (Phi) is 6.35. The van der Waals surface area contributed by atoms with E-state index in [-0.39, 0.29) is 17.9 Å². The van der Waals surface area contributed by atoms with Crippen LogP contribution in [0.15, 0.2) is 116 Å². The van der Waals surface area contributed by atoms with E-state index in [9.17, 15) is 4.39 Å². The summed E-state index contributed by atoms with van der Waals surface area (Å²) in [5, 5.41) is 4.07. The molecule has 1 aliphatic rings. The summed E-state index contributed by atoms with van der Waals surface area (Å²) in [6.45, 7) is 2.02. The maximum absolute atomic E-state index is 14.2. The minimum Gasteiger partial charge on any atom is -0.457 e. The second-order valence-corrected chi connectivity index (χ2v) is 9.53. The van der Waals surface area contributed by atoms with Crippen molar-refractivity contribution in [1.82, 2.24) is 14.9 Å². The number of halogens is 1. The van der Waals surface area contributed by atoms with E-state index in [1.54, 1.807) is 12.3 Å². The Morgan fingerprint density at radius 1 is 0.868 bits per heavy atom. The van der Waals surface area contributed by atoms with E-state index < -0.39 is 0 Å². The van der Waals surface area contributed by atoms with Crippen LogP contribution in [0.3, 0.4) is 0 Å². The Labute approximate surface area is 226 Å². The van der Waals surface area contributed by atoms with E-state index >= 15 is 0 Å². The van der Waals surface area contributed by atoms with Crippen LogP contribution in [0, 0.1) is 12.7 Å². The third-order valence-corrected chi connectivity index (χ3v) is 7.02. The van der Waals surface area contributed by atoms with Crippen LogP contribution >= 0.6 is 12.2 Å². The molecule has 1 saturated heterocycles. The first-order valence-electron chi connectivity index (χ1n) is 12.4. The van der Waals surface area contributed by atoms with Crippen LogP contribution in [-0.2, 0) is 0 Å². The molecular weight excluding hydrogens is 495 g/mol. The van der Waals surface area contributed by atoms with Gasteiger partial charge in [-0.3, -0.25) is 4.98 Å². The summed E-state index contributed by atoms with van der Waals surface area (Å²) in [6.07, 6.45) is 3.72. The second-order valence-electron chi connectivity index (χ2n) is 9.14. The SMILES string of the molecule is Cc1ccccc1Oc1ccc(N2C(=S)N[C@H](c3ccccn3)[C@@H]2c2cccn2-c2cccc(F)c2)cc1. The van der Waals surface area contributed by atoms with E-state index in [1.165, 1.54) is 12.1 Å². The number of aryl methyl sites for hydroxylation is 1. The monoisotopic (exact) mass is 520 g/mol. The molecule has 1 aliphatic heterocycles. The van der Waals surface area contributed by atoms with Gasteiger partial charge in [0, 0.05) is 29.5 Å². The fourth-order valence-electron chi connectivity index (χ4n) is 4.90. The fraction of sp³-hybridized carbons (Fsp3) is 0.0968. The van der Waals surface area contributed by atoms with Crippen LogP contribution in [-0.4, -0.2) is 14.7 Å². The minimum absolute atomic E-state index is 0.214. The zero-order chi connectivity index (χ0) is 26.1. The van der Waals surface area contributed by atoms with Gasteiger partial charge in [0.05, 0.1) is 11.7 Å². The lowest BCUT2D eigenvalue weighted by Gasteiger charge is -2.29. The molecule has 0 saturated carbocycles. The largest absolute Gasteiger partial charge is 0.457 e. The number of thiocarbonyl (C=S) groups is 1. The number of hydrogen-bond donors (Lipinski definition) is 1. The van der Waals surface area contributed by atoms with Gasteiger partial charge in [-0.2, -0.15) is 0 Å². The van der Waals surface area contributed by atoms with Gasteiger partial charge in [0.25, 0.3) is 0 Å². The van der Waals surface area contributed by atoms with Gasteiger partial charge in [0.15, 0.2) is 5.11 Å². The van der Waals surface area contributed by atoms with Gasteiger partial charge in [-0.25, -0.2) is 4.39 Å². The molecule has 5 aromatic rings. The van der Waals surface area contributed by atoms with Crippen molar-refractivity contribution in [3.63, 3.8) is 0 Å². The zero-order valence-electron chi connectivity index (χ0n) is 20.7. The third-order valence-electron chi connectivity index (χ3n) is 6.70. The summed E-state index contributed by atoms with van der Waals surface area (Å²) in [4.78, 5) is 6.73. The number of hydrogen-bond acceptors (Lipinski definition) is 3. The van der Waals surface area contributed by atoms with Crippen LogP contribution in [0.5, 0.6) is 11.5 Å². The summed E-state index contributed by atoms with van der Waals surface area (Å²) >= 11 is 5.87. The Balaban J connectivity index is 1.40. The second kappa shape index (κ2) is 10.1. The Morgan fingerprint density at radius 3 is 2.45 bits per heavy atom. The van der Waals surface area contributed by atoms with Crippen LogP contribution in [0.4, 0.5) is 10.1 Å². The molecule has 1 N–H and O–H groups in total. The molecule has 5 nitrogen and oxygen atoms in total. The predicted molar refractivity (Wildman–Crippen MR) is 151 cm³/mol. The van der Waals surface area contributed by atoms with Crippen molar-refractivity contribution in [2.75, 3.05) is 4.90 Å². The number of aromatic nitrogens is 2. The highest BCUT2D eigenvalue weighted by Gasteiger charge is 2.42.